The Morgan fingerprint density at radius 1 is 1.08 bits per heavy atom. The van der Waals surface area contributed by atoms with Crippen molar-refractivity contribution in [2.75, 3.05) is 6.61 Å². The number of rotatable bonds is 4. The second-order valence-electron chi connectivity index (χ2n) is 5.25. The number of hydrogen-bond donors (Lipinski definition) is 1. The van der Waals surface area contributed by atoms with E-state index < -0.39 is 0 Å². The second kappa shape index (κ2) is 6.96. The number of aromatic hydroxyl groups is 1. The Balaban J connectivity index is 1.89. The van der Waals surface area contributed by atoms with Crippen molar-refractivity contribution in [2.45, 2.75) is 6.92 Å². The van der Waals surface area contributed by atoms with Gasteiger partial charge in [0.2, 0.25) is 0 Å². The Labute approximate surface area is 140 Å². The molecule has 0 radical (unpaired) electrons. The average Bonchev–Trinajstić information content (AvgIpc) is 2.61. The number of esters is 1. The maximum Gasteiger partial charge on any atom is 0.338 e. The largest absolute Gasteiger partial charge is 0.507 e. The first-order chi connectivity index (χ1) is 11.7. The fraction of sp³-hybridized carbons (Fsp3) is 0.100. The number of hydrogen-bond acceptors (Lipinski definition) is 4. The molecule has 3 aromatic rings. The van der Waals surface area contributed by atoms with Crippen LogP contribution in [0.1, 0.15) is 22.8 Å². The average molecular weight is 319 g/mol. The highest BCUT2D eigenvalue weighted by atomic mass is 16.5. The van der Waals surface area contributed by atoms with Gasteiger partial charge in [0.05, 0.1) is 17.9 Å². The van der Waals surface area contributed by atoms with Gasteiger partial charge in [0.25, 0.3) is 0 Å². The number of phenols is 1. The lowest BCUT2D eigenvalue weighted by atomic mass is 10.0. The summed E-state index contributed by atoms with van der Waals surface area (Å²) in [7, 11) is 0. The van der Waals surface area contributed by atoms with E-state index in [1.165, 1.54) is 0 Å². The van der Waals surface area contributed by atoms with Gasteiger partial charge in [-0.2, -0.15) is 0 Å². The third-order valence-corrected chi connectivity index (χ3v) is 3.67. The lowest BCUT2D eigenvalue weighted by Crippen LogP contribution is -2.03. The zero-order valence-electron chi connectivity index (χ0n) is 13.3. The first-order valence-electron chi connectivity index (χ1n) is 7.71. The molecule has 24 heavy (non-hydrogen) atoms. The minimum Gasteiger partial charge on any atom is -0.507 e. The minimum absolute atomic E-state index is 0.181. The van der Waals surface area contributed by atoms with E-state index in [1.807, 2.05) is 30.3 Å². The Bertz CT molecular complexity index is 898. The van der Waals surface area contributed by atoms with Crippen molar-refractivity contribution < 1.29 is 14.6 Å². The van der Waals surface area contributed by atoms with E-state index in [0.717, 1.165) is 10.8 Å². The van der Waals surface area contributed by atoms with Crippen LogP contribution in [-0.2, 0) is 4.74 Å². The molecule has 0 bridgehead atoms. The van der Waals surface area contributed by atoms with Crippen LogP contribution in [0, 0.1) is 0 Å². The van der Waals surface area contributed by atoms with Crippen molar-refractivity contribution in [2.24, 2.45) is 4.99 Å². The summed E-state index contributed by atoms with van der Waals surface area (Å²) in [6.07, 6.45) is 1.64. The number of fused-ring (bicyclic) bond motifs is 1. The quantitative estimate of drug-likeness (QED) is 0.570. The number of phenolic OH excluding ortho intramolecular Hbond substituents is 1. The van der Waals surface area contributed by atoms with E-state index in [2.05, 4.69) is 4.99 Å². The Morgan fingerprint density at radius 2 is 1.83 bits per heavy atom. The van der Waals surface area contributed by atoms with Crippen LogP contribution in [0.3, 0.4) is 0 Å². The molecule has 0 saturated heterocycles. The zero-order chi connectivity index (χ0) is 16.9. The highest BCUT2D eigenvalue weighted by molar-refractivity contribution is 6.03. The predicted octanol–water partition coefficient (Wildman–Crippen LogP) is 4.47. The molecule has 0 spiro atoms. The number of carbonyl (C=O) groups excluding carboxylic acids is 1. The summed E-state index contributed by atoms with van der Waals surface area (Å²) in [4.78, 5) is 16.0. The van der Waals surface area contributed by atoms with Gasteiger partial charge in [0.15, 0.2) is 0 Å². The van der Waals surface area contributed by atoms with Crippen LogP contribution in [0.2, 0.25) is 0 Å². The molecule has 0 atom stereocenters. The molecule has 3 rings (SSSR count). The van der Waals surface area contributed by atoms with Gasteiger partial charge < -0.3 is 9.84 Å². The second-order valence-corrected chi connectivity index (χ2v) is 5.25. The van der Waals surface area contributed by atoms with E-state index in [0.29, 0.717) is 23.4 Å². The van der Waals surface area contributed by atoms with Gasteiger partial charge in [-0.3, -0.25) is 4.99 Å². The number of nitrogens with zero attached hydrogens (tertiary/aromatic N) is 1. The summed E-state index contributed by atoms with van der Waals surface area (Å²) in [5.74, 6) is -0.166. The van der Waals surface area contributed by atoms with Gasteiger partial charge in [0, 0.05) is 11.8 Å². The first kappa shape index (κ1) is 15.7. The maximum absolute atomic E-state index is 11.6. The number of aliphatic imine (C=N–C) groups is 1. The maximum atomic E-state index is 11.6. The van der Waals surface area contributed by atoms with Crippen LogP contribution in [0.5, 0.6) is 5.75 Å². The molecule has 0 fully saturated rings. The van der Waals surface area contributed by atoms with Gasteiger partial charge in [0.1, 0.15) is 5.75 Å². The summed E-state index contributed by atoms with van der Waals surface area (Å²) in [6.45, 7) is 2.12. The van der Waals surface area contributed by atoms with E-state index >= 15 is 0 Å². The molecule has 0 aliphatic carbocycles. The molecule has 0 aromatic heterocycles. The van der Waals surface area contributed by atoms with Crippen LogP contribution in [0.4, 0.5) is 5.69 Å². The van der Waals surface area contributed by atoms with Crippen LogP contribution in [0.25, 0.3) is 10.8 Å². The fourth-order valence-electron chi connectivity index (χ4n) is 2.46. The molecule has 1 N–H and O–H groups in total. The molecule has 120 valence electrons. The zero-order valence-corrected chi connectivity index (χ0v) is 13.3. The van der Waals surface area contributed by atoms with Crippen LogP contribution in [-0.4, -0.2) is 23.9 Å². The van der Waals surface area contributed by atoms with Crippen molar-refractivity contribution in [1.82, 2.24) is 0 Å². The molecule has 0 aliphatic rings. The highest BCUT2D eigenvalue weighted by Gasteiger charge is 2.06. The SMILES string of the molecule is CCOC(=O)c1ccc(N=Cc2c(O)ccc3ccccc23)cc1. The lowest BCUT2D eigenvalue weighted by Gasteiger charge is -2.05. The van der Waals surface area contributed by atoms with E-state index in [1.54, 1.807) is 43.5 Å². The Kier molecular flexibility index (Phi) is 4.57. The summed E-state index contributed by atoms with van der Waals surface area (Å²) in [5.41, 5.74) is 1.85. The van der Waals surface area contributed by atoms with E-state index in [4.69, 9.17) is 4.74 Å². The van der Waals surface area contributed by atoms with Crippen molar-refractivity contribution >= 4 is 28.6 Å². The standard InChI is InChI=1S/C20H17NO3/c1-2-24-20(23)15-7-10-16(11-8-15)21-13-18-17-6-4-3-5-14(17)9-12-19(18)22/h3-13,22H,2H2,1H3. The molecule has 0 saturated carbocycles. The molecular weight excluding hydrogens is 302 g/mol. The molecule has 4 nitrogen and oxygen atoms in total. The molecule has 3 aromatic carbocycles. The lowest BCUT2D eigenvalue weighted by molar-refractivity contribution is 0.0526. The van der Waals surface area contributed by atoms with Crippen molar-refractivity contribution in [1.29, 1.82) is 0 Å². The molecule has 0 unspecified atom stereocenters. The van der Waals surface area contributed by atoms with Gasteiger partial charge >= 0.3 is 5.97 Å². The Morgan fingerprint density at radius 3 is 2.58 bits per heavy atom. The van der Waals surface area contributed by atoms with Gasteiger partial charge in [-0.05, 0) is 48.0 Å². The van der Waals surface area contributed by atoms with E-state index in [9.17, 15) is 9.90 Å². The van der Waals surface area contributed by atoms with Crippen LogP contribution < -0.4 is 0 Å². The topological polar surface area (TPSA) is 58.9 Å². The van der Waals surface area contributed by atoms with Crippen LogP contribution in [0.15, 0.2) is 65.7 Å². The number of ether oxygens (including phenoxy) is 1. The van der Waals surface area contributed by atoms with Gasteiger partial charge in [-0.1, -0.05) is 30.3 Å². The van der Waals surface area contributed by atoms with Gasteiger partial charge in [-0.15, -0.1) is 0 Å². The molecule has 0 amide bonds. The third kappa shape index (κ3) is 3.27. The fourth-order valence-corrected chi connectivity index (χ4v) is 2.46. The summed E-state index contributed by atoms with van der Waals surface area (Å²) >= 11 is 0. The summed E-state index contributed by atoms with van der Waals surface area (Å²) in [6, 6.07) is 18.2. The molecule has 4 heteroatoms. The predicted molar refractivity (Wildman–Crippen MR) is 95.3 cm³/mol. The number of carbonyl (C=O) groups is 1. The molecule has 0 aliphatic heterocycles. The highest BCUT2D eigenvalue weighted by Crippen LogP contribution is 2.26. The first-order valence-corrected chi connectivity index (χ1v) is 7.71. The smallest absolute Gasteiger partial charge is 0.338 e. The van der Waals surface area contributed by atoms with Crippen molar-refractivity contribution in [3.05, 3.63) is 71.8 Å². The monoisotopic (exact) mass is 319 g/mol. The Hall–Kier alpha value is -3.14. The normalized spacial score (nSPS) is 11.0. The van der Waals surface area contributed by atoms with Crippen LogP contribution >= 0.6 is 0 Å². The molecular formula is C20H17NO3. The third-order valence-electron chi connectivity index (χ3n) is 3.67. The number of benzene rings is 3. The summed E-state index contributed by atoms with van der Waals surface area (Å²) < 4.78 is 4.95. The van der Waals surface area contributed by atoms with Gasteiger partial charge in [-0.25, -0.2) is 4.79 Å². The molecule has 0 heterocycles. The van der Waals surface area contributed by atoms with Crippen molar-refractivity contribution in [3.63, 3.8) is 0 Å². The van der Waals surface area contributed by atoms with E-state index in [-0.39, 0.29) is 11.7 Å². The summed E-state index contributed by atoms with van der Waals surface area (Å²) in [5, 5.41) is 12.1. The minimum atomic E-state index is -0.347. The van der Waals surface area contributed by atoms with Crippen molar-refractivity contribution in [3.8, 4) is 5.75 Å².